The number of hydrogen-bond donors (Lipinski definition) is 2. The van der Waals surface area contributed by atoms with Crippen LogP contribution in [0.25, 0.3) is 10.6 Å². The maximum atomic E-state index is 12.5. The third-order valence-electron chi connectivity index (χ3n) is 3.66. The van der Waals surface area contributed by atoms with Crippen molar-refractivity contribution >= 4 is 40.5 Å². The van der Waals surface area contributed by atoms with Gasteiger partial charge in [0.2, 0.25) is 11.8 Å². The number of nitrogens with zero attached hydrogens (tertiary/aromatic N) is 3. The summed E-state index contributed by atoms with van der Waals surface area (Å²) >= 11 is 1.43. The second-order valence-corrected chi connectivity index (χ2v) is 7.14. The van der Waals surface area contributed by atoms with Gasteiger partial charge in [-0.25, -0.2) is 9.78 Å². The largest absolute Gasteiger partial charge is 0.456 e. The summed E-state index contributed by atoms with van der Waals surface area (Å²) in [5, 5.41) is 11.9. The quantitative estimate of drug-likeness (QED) is 0.601. The lowest BCUT2D eigenvalue weighted by Gasteiger charge is -2.10. The standard InChI is InChI=1S/C19H19N5O4S/c1-11(25)21-15-4-13(5-16(6-15)22-12(2)26)19(27)28-9-17-10-29-18(23-17)14-7-20-24(3)8-14/h4-8,10H,9H2,1-3H3,(H,21,25)(H,22,26). The molecule has 3 rings (SSSR count). The predicted molar refractivity (Wildman–Crippen MR) is 108 cm³/mol. The second-order valence-electron chi connectivity index (χ2n) is 6.28. The molecule has 0 radical (unpaired) electrons. The van der Waals surface area contributed by atoms with E-state index < -0.39 is 5.97 Å². The number of ether oxygens (including phenoxy) is 1. The van der Waals surface area contributed by atoms with Gasteiger partial charge in [0.25, 0.3) is 0 Å². The first-order valence-corrected chi connectivity index (χ1v) is 9.49. The third kappa shape index (κ3) is 5.48. The zero-order valence-corrected chi connectivity index (χ0v) is 16.9. The number of aromatic nitrogens is 3. The fourth-order valence-corrected chi connectivity index (χ4v) is 3.34. The molecule has 0 unspecified atom stereocenters. The van der Waals surface area contributed by atoms with Gasteiger partial charge in [-0.3, -0.25) is 14.3 Å². The first-order valence-electron chi connectivity index (χ1n) is 8.61. The number of aryl methyl sites for hydroxylation is 1. The molecule has 2 heterocycles. The van der Waals surface area contributed by atoms with E-state index in [2.05, 4.69) is 20.7 Å². The van der Waals surface area contributed by atoms with Crippen molar-refractivity contribution in [3.8, 4) is 10.6 Å². The first-order chi connectivity index (χ1) is 13.8. The van der Waals surface area contributed by atoms with Gasteiger partial charge in [-0.2, -0.15) is 5.10 Å². The molecular weight excluding hydrogens is 394 g/mol. The van der Waals surface area contributed by atoms with E-state index in [1.165, 1.54) is 37.3 Å². The topological polar surface area (TPSA) is 115 Å². The van der Waals surface area contributed by atoms with E-state index in [4.69, 9.17) is 4.74 Å². The molecule has 150 valence electrons. The molecule has 2 aromatic heterocycles. The van der Waals surface area contributed by atoms with Crippen LogP contribution in [0.15, 0.2) is 36.0 Å². The normalized spacial score (nSPS) is 10.4. The van der Waals surface area contributed by atoms with E-state index in [1.807, 2.05) is 18.6 Å². The van der Waals surface area contributed by atoms with Crippen LogP contribution in [-0.2, 0) is 28.0 Å². The van der Waals surface area contributed by atoms with Gasteiger partial charge in [0.1, 0.15) is 11.6 Å². The Morgan fingerprint density at radius 2 is 1.76 bits per heavy atom. The Bertz CT molecular complexity index is 1040. The Kier molecular flexibility index (Phi) is 6.03. The average Bonchev–Trinajstić information content (AvgIpc) is 3.27. The van der Waals surface area contributed by atoms with Crippen molar-refractivity contribution in [3.63, 3.8) is 0 Å². The maximum absolute atomic E-state index is 12.5. The Balaban J connectivity index is 1.72. The monoisotopic (exact) mass is 413 g/mol. The summed E-state index contributed by atoms with van der Waals surface area (Å²) in [5.41, 5.74) is 2.45. The fraction of sp³-hybridized carbons (Fsp3) is 0.211. The van der Waals surface area contributed by atoms with Gasteiger partial charge >= 0.3 is 5.97 Å². The lowest BCUT2D eigenvalue weighted by atomic mass is 10.1. The highest BCUT2D eigenvalue weighted by atomic mass is 32.1. The minimum Gasteiger partial charge on any atom is -0.456 e. The molecule has 0 bridgehead atoms. The van der Waals surface area contributed by atoms with Gasteiger partial charge in [-0.05, 0) is 18.2 Å². The number of anilines is 2. The van der Waals surface area contributed by atoms with Gasteiger partial charge in [-0.1, -0.05) is 0 Å². The number of rotatable bonds is 6. The molecule has 0 spiro atoms. The lowest BCUT2D eigenvalue weighted by molar-refractivity contribution is -0.115. The van der Waals surface area contributed by atoms with Gasteiger partial charge in [-0.15, -0.1) is 11.3 Å². The van der Waals surface area contributed by atoms with Crippen LogP contribution in [0, 0.1) is 0 Å². The molecule has 2 N–H and O–H groups in total. The average molecular weight is 413 g/mol. The first kappa shape index (κ1) is 20.2. The van der Waals surface area contributed by atoms with Crippen LogP contribution in [0.4, 0.5) is 11.4 Å². The molecule has 0 fully saturated rings. The van der Waals surface area contributed by atoms with Gasteiger partial charge in [0.15, 0.2) is 0 Å². The molecule has 10 heteroatoms. The smallest absolute Gasteiger partial charge is 0.338 e. The zero-order chi connectivity index (χ0) is 21.0. The molecule has 0 aliphatic rings. The van der Waals surface area contributed by atoms with Crippen LogP contribution in [-0.4, -0.2) is 32.5 Å². The summed E-state index contributed by atoms with van der Waals surface area (Å²) in [6.07, 6.45) is 3.57. The summed E-state index contributed by atoms with van der Waals surface area (Å²) < 4.78 is 7.03. The highest BCUT2D eigenvalue weighted by molar-refractivity contribution is 7.13. The Labute approximate surface area is 170 Å². The third-order valence-corrected chi connectivity index (χ3v) is 4.60. The number of esters is 1. The van der Waals surface area contributed by atoms with Crippen molar-refractivity contribution in [3.05, 3.63) is 47.2 Å². The fourth-order valence-electron chi connectivity index (χ4n) is 2.56. The van der Waals surface area contributed by atoms with E-state index >= 15 is 0 Å². The Morgan fingerprint density at radius 1 is 1.10 bits per heavy atom. The van der Waals surface area contributed by atoms with Crippen LogP contribution in [0.5, 0.6) is 0 Å². The minimum atomic E-state index is -0.597. The molecule has 29 heavy (non-hydrogen) atoms. The lowest BCUT2D eigenvalue weighted by Crippen LogP contribution is -2.12. The van der Waals surface area contributed by atoms with E-state index in [9.17, 15) is 14.4 Å². The number of thiazole rings is 1. The molecule has 3 aromatic rings. The molecule has 1 aromatic carbocycles. The molecular formula is C19H19N5O4S. The molecule has 0 atom stereocenters. The zero-order valence-electron chi connectivity index (χ0n) is 16.1. The number of amides is 2. The number of carbonyl (C=O) groups excluding carboxylic acids is 3. The molecule has 0 aliphatic carbocycles. The SMILES string of the molecule is CC(=O)Nc1cc(NC(C)=O)cc(C(=O)OCc2csc(-c3cnn(C)c3)n2)c1. The second kappa shape index (κ2) is 8.65. The van der Waals surface area contributed by atoms with Crippen molar-refractivity contribution in [1.29, 1.82) is 0 Å². The van der Waals surface area contributed by atoms with E-state index in [-0.39, 0.29) is 24.0 Å². The van der Waals surface area contributed by atoms with Crippen LogP contribution < -0.4 is 10.6 Å². The molecule has 0 saturated carbocycles. The van der Waals surface area contributed by atoms with Crippen molar-refractivity contribution in [1.82, 2.24) is 14.8 Å². The highest BCUT2D eigenvalue weighted by Crippen LogP contribution is 2.24. The highest BCUT2D eigenvalue weighted by Gasteiger charge is 2.14. The molecule has 0 saturated heterocycles. The van der Waals surface area contributed by atoms with E-state index in [0.29, 0.717) is 17.1 Å². The Morgan fingerprint density at radius 3 is 2.31 bits per heavy atom. The molecule has 0 aliphatic heterocycles. The van der Waals surface area contributed by atoms with Crippen molar-refractivity contribution in [2.45, 2.75) is 20.5 Å². The van der Waals surface area contributed by atoms with Crippen molar-refractivity contribution in [2.75, 3.05) is 10.6 Å². The van der Waals surface area contributed by atoms with E-state index in [1.54, 1.807) is 16.9 Å². The predicted octanol–water partition coefficient (Wildman–Crippen LogP) is 2.82. The number of benzene rings is 1. The number of nitrogens with one attached hydrogen (secondary N) is 2. The molecule has 2 amide bonds. The van der Waals surface area contributed by atoms with E-state index in [0.717, 1.165) is 10.6 Å². The summed E-state index contributed by atoms with van der Waals surface area (Å²) in [5.74, 6) is -1.19. The molecule has 9 nitrogen and oxygen atoms in total. The van der Waals surface area contributed by atoms with Gasteiger partial charge in [0, 0.05) is 49.4 Å². The summed E-state index contributed by atoms with van der Waals surface area (Å²) in [6, 6.07) is 4.52. The summed E-state index contributed by atoms with van der Waals surface area (Å²) in [6.45, 7) is 2.70. The summed E-state index contributed by atoms with van der Waals surface area (Å²) in [7, 11) is 1.82. The maximum Gasteiger partial charge on any atom is 0.338 e. The Hall–Kier alpha value is -3.53. The van der Waals surface area contributed by atoms with Crippen LogP contribution >= 0.6 is 11.3 Å². The minimum absolute atomic E-state index is 0.00453. The summed E-state index contributed by atoms with van der Waals surface area (Å²) in [4.78, 5) is 39.6. The van der Waals surface area contributed by atoms with Crippen molar-refractivity contribution in [2.24, 2.45) is 7.05 Å². The van der Waals surface area contributed by atoms with Gasteiger partial charge < -0.3 is 15.4 Å². The van der Waals surface area contributed by atoms with Gasteiger partial charge in [0.05, 0.1) is 17.5 Å². The number of hydrogen-bond acceptors (Lipinski definition) is 7. The van der Waals surface area contributed by atoms with Crippen LogP contribution in [0.3, 0.4) is 0 Å². The van der Waals surface area contributed by atoms with Crippen LogP contribution in [0.1, 0.15) is 29.9 Å². The number of carbonyl (C=O) groups is 3. The van der Waals surface area contributed by atoms with Crippen molar-refractivity contribution < 1.29 is 19.1 Å². The van der Waals surface area contributed by atoms with Crippen LogP contribution in [0.2, 0.25) is 0 Å².